The third-order valence-electron chi connectivity index (χ3n) is 4.84. The van der Waals surface area contributed by atoms with Gasteiger partial charge in [0, 0.05) is 18.4 Å². The number of Topliss-reactive ketones (excluding diaryl/α,β-unsaturated/α-hetero) is 1. The minimum Gasteiger partial charge on any atom is -0.338 e. The summed E-state index contributed by atoms with van der Waals surface area (Å²) in [7, 11) is -3.78. The number of sulfone groups is 1. The van der Waals surface area contributed by atoms with Crippen LogP contribution in [0.25, 0.3) is 11.4 Å². The lowest BCUT2D eigenvalue weighted by molar-refractivity contribution is -0.117. The molecular weight excluding hydrogens is 364 g/mol. The highest BCUT2D eigenvalue weighted by Gasteiger charge is 2.43. The first-order chi connectivity index (χ1) is 13.1. The van der Waals surface area contributed by atoms with Gasteiger partial charge in [0.15, 0.2) is 9.84 Å². The number of carbonyl (C=O) groups excluding carboxylic acids is 1. The predicted molar refractivity (Wildman–Crippen MR) is 98.5 cm³/mol. The number of hydrogen-bond donors (Lipinski definition) is 0. The largest absolute Gasteiger partial charge is 0.338 e. The standard InChI is InChI=1S/C20H18N2O4S/c23-16-12-11-15(13-16)18(27(24,25)17-9-5-2-6-10-17)20-21-19(22-26-20)14-7-3-1-4-8-14/h1-10,15,18H,11-13H2. The van der Waals surface area contributed by atoms with Gasteiger partial charge in [-0.05, 0) is 24.5 Å². The van der Waals surface area contributed by atoms with Crippen LogP contribution in [0.2, 0.25) is 0 Å². The lowest BCUT2D eigenvalue weighted by Crippen LogP contribution is -2.21. The molecule has 1 aromatic heterocycles. The van der Waals surface area contributed by atoms with Gasteiger partial charge in [-0.25, -0.2) is 8.42 Å². The maximum atomic E-state index is 13.3. The predicted octanol–water partition coefficient (Wildman–Crippen LogP) is 3.62. The van der Waals surface area contributed by atoms with E-state index in [-0.39, 0.29) is 28.9 Å². The van der Waals surface area contributed by atoms with Crippen molar-refractivity contribution < 1.29 is 17.7 Å². The molecule has 0 N–H and O–H groups in total. The summed E-state index contributed by atoms with van der Waals surface area (Å²) in [6.07, 6.45) is 1.09. The van der Waals surface area contributed by atoms with Crippen molar-refractivity contribution in [3.05, 3.63) is 66.6 Å². The van der Waals surface area contributed by atoms with E-state index in [2.05, 4.69) is 10.1 Å². The molecule has 1 fully saturated rings. The summed E-state index contributed by atoms with van der Waals surface area (Å²) in [5.74, 6) is 0.0726. The molecule has 0 aliphatic heterocycles. The highest BCUT2D eigenvalue weighted by molar-refractivity contribution is 7.91. The van der Waals surface area contributed by atoms with Crippen LogP contribution in [0.5, 0.6) is 0 Å². The molecule has 0 radical (unpaired) electrons. The summed E-state index contributed by atoms with van der Waals surface area (Å²) >= 11 is 0. The number of carbonyl (C=O) groups is 1. The molecule has 0 amide bonds. The molecule has 0 spiro atoms. The van der Waals surface area contributed by atoms with E-state index >= 15 is 0 Å². The summed E-state index contributed by atoms with van der Waals surface area (Å²) in [6, 6.07) is 17.4. The zero-order valence-corrected chi connectivity index (χ0v) is 15.3. The second kappa shape index (κ2) is 7.08. The zero-order valence-electron chi connectivity index (χ0n) is 14.5. The van der Waals surface area contributed by atoms with Crippen molar-refractivity contribution in [3.63, 3.8) is 0 Å². The van der Waals surface area contributed by atoms with Gasteiger partial charge < -0.3 is 4.52 Å². The Hall–Kier alpha value is -2.80. The van der Waals surface area contributed by atoms with Gasteiger partial charge in [-0.1, -0.05) is 53.7 Å². The van der Waals surface area contributed by atoms with Gasteiger partial charge in [0.2, 0.25) is 11.7 Å². The molecule has 1 heterocycles. The molecule has 3 aromatic rings. The van der Waals surface area contributed by atoms with Crippen molar-refractivity contribution in [3.8, 4) is 11.4 Å². The Kier molecular flexibility index (Phi) is 4.61. The van der Waals surface area contributed by atoms with E-state index in [0.29, 0.717) is 18.7 Å². The van der Waals surface area contributed by atoms with E-state index in [4.69, 9.17) is 4.52 Å². The summed E-state index contributed by atoms with van der Waals surface area (Å²) in [5.41, 5.74) is 0.742. The van der Waals surface area contributed by atoms with E-state index in [1.165, 1.54) is 0 Å². The van der Waals surface area contributed by atoms with E-state index in [0.717, 1.165) is 5.56 Å². The van der Waals surface area contributed by atoms with Crippen LogP contribution in [0.15, 0.2) is 70.1 Å². The molecular formula is C20H18N2O4S. The minimum absolute atomic E-state index is 0.0393. The summed E-state index contributed by atoms with van der Waals surface area (Å²) in [5, 5.41) is 2.94. The quantitative estimate of drug-likeness (QED) is 0.669. The van der Waals surface area contributed by atoms with Crippen LogP contribution in [-0.2, 0) is 14.6 Å². The summed E-state index contributed by atoms with van der Waals surface area (Å²) < 4.78 is 32.1. The molecule has 2 aromatic carbocycles. The topological polar surface area (TPSA) is 90.1 Å². The Morgan fingerprint density at radius 1 is 1.00 bits per heavy atom. The van der Waals surface area contributed by atoms with Crippen molar-refractivity contribution in [1.29, 1.82) is 0 Å². The molecule has 27 heavy (non-hydrogen) atoms. The van der Waals surface area contributed by atoms with E-state index in [1.54, 1.807) is 30.3 Å². The average molecular weight is 382 g/mol. The van der Waals surface area contributed by atoms with Crippen molar-refractivity contribution >= 4 is 15.6 Å². The summed E-state index contributed by atoms with van der Waals surface area (Å²) in [6.45, 7) is 0. The fourth-order valence-electron chi connectivity index (χ4n) is 3.50. The molecule has 2 unspecified atom stereocenters. The highest BCUT2D eigenvalue weighted by atomic mass is 32.2. The lowest BCUT2D eigenvalue weighted by Gasteiger charge is -2.19. The maximum absolute atomic E-state index is 13.3. The number of benzene rings is 2. The molecule has 1 aliphatic rings. The van der Waals surface area contributed by atoms with Gasteiger partial charge in [0.25, 0.3) is 0 Å². The van der Waals surface area contributed by atoms with Crippen LogP contribution in [0, 0.1) is 5.92 Å². The summed E-state index contributed by atoms with van der Waals surface area (Å²) in [4.78, 5) is 16.4. The molecule has 0 bridgehead atoms. The highest BCUT2D eigenvalue weighted by Crippen LogP contribution is 2.42. The Morgan fingerprint density at radius 3 is 2.30 bits per heavy atom. The third-order valence-corrected chi connectivity index (χ3v) is 7.02. The first-order valence-electron chi connectivity index (χ1n) is 8.75. The van der Waals surface area contributed by atoms with Gasteiger partial charge in [-0.15, -0.1) is 0 Å². The molecule has 7 heteroatoms. The molecule has 1 saturated carbocycles. The fourth-order valence-corrected chi connectivity index (χ4v) is 5.43. The Bertz CT molecular complexity index is 1050. The van der Waals surface area contributed by atoms with E-state index < -0.39 is 15.1 Å². The van der Waals surface area contributed by atoms with Crippen LogP contribution in [0.3, 0.4) is 0 Å². The fraction of sp³-hybridized carbons (Fsp3) is 0.250. The molecule has 2 atom stereocenters. The van der Waals surface area contributed by atoms with Gasteiger partial charge in [0.05, 0.1) is 4.90 Å². The molecule has 4 rings (SSSR count). The Labute approximate surface area is 157 Å². The molecule has 6 nitrogen and oxygen atoms in total. The minimum atomic E-state index is -3.78. The normalized spacial score (nSPS) is 18.5. The second-order valence-corrected chi connectivity index (χ2v) is 8.71. The van der Waals surface area contributed by atoms with Crippen LogP contribution in [-0.4, -0.2) is 24.3 Å². The molecule has 1 aliphatic carbocycles. The number of rotatable bonds is 5. The maximum Gasteiger partial charge on any atom is 0.245 e. The van der Waals surface area contributed by atoms with Crippen LogP contribution in [0.1, 0.15) is 30.4 Å². The van der Waals surface area contributed by atoms with Gasteiger partial charge >= 0.3 is 0 Å². The average Bonchev–Trinajstić information content (AvgIpc) is 3.33. The van der Waals surface area contributed by atoms with Crippen molar-refractivity contribution in [2.75, 3.05) is 0 Å². The van der Waals surface area contributed by atoms with Crippen molar-refractivity contribution in [2.45, 2.75) is 29.4 Å². The molecule has 0 saturated heterocycles. The Balaban J connectivity index is 1.78. The van der Waals surface area contributed by atoms with Crippen molar-refractivity contribution in [2.24, 2.45) is 5.92 Å². The second-order valence-electron chi connectivity index (χ2n) is 6.64. The van der Waals surface area contributed by atoms with Crippen LogP contribution >= 0.6 is 0 Å². The van der Waals surface area contributed by atoms with Gasteiger partial charge in [0.1, 0.15) is 11.0 Å². The monoisotopic (exact) mass is 382 g/mol. The van der Waals surface area contributed by atoms with Crippen LogP contribution in [0.4, 0.5) is 0 Å². The lowest BCUT2D eigenvalue weighted by atomic mass is 10.0. The first kappa shape index (κ1) is 17.6. The zero-order chi connectivity index (χ0) is 18.9. The van der Waals surface area contributed by atoms with E-state index in [9.17, 15) is 13.2 Å². The third kappa shape index (κ3) is 3.42. The number of aromatic nitrogens is 2. The SMILES string of the molecule is O=C1CCC(C(c2nc(-c3ccccc3)no2)S(=O)(=O)c2ccccc2)C1. The van der Waals surface area contributed by atoms with Crippen molar-refractivity contribution in [1.82, 2.24) is 10.1 Å². The van der Waals surface area contributed by atoms with Gasteiger partial charge in [-0.2, -0.15) is 4.98 Å². The number of nitrogens with zero attached hydrogens (tertiary/aromatic N) is 2. The number of ketones is 1. The van der Waals surface area contributed by atoms with Gasteiger partial charge in [-0.3, -0.25) is 4.79 Å². The molecule has 138 valence electrons. The van der Waals surface area contributed by atoms with E-state index in [1.807, 2.05) is 30.3 Å². The van der Waals surface area contributed by atoms with Crippen LogP contribution < -0.4 is 0 Å². The smallest absolute Gasteiger partial charge is 0.245 e. The first-order valence-corrected chi connectivity index (χ1v) is 10.3. The Morgan fingerprint density at radius 2 is 1.67 bits per heavy atom. The number of hydrogen-bond acceptors (Lipinski definition) is 6.